The van der Waals surface area contributed by atoms with Gasteiger partial charge < -0.3 is 25.1 Å². The van der Waals surface area contributed by atoms with Crippen molar-refractivity contribution in [3.05, 3.63) is 0 Å². The molecular formula is C17H33N2O6+. The zero-order chi connectivity index (χ0) is 19.1. The lowest BCUT2D eigenvalue weighted by Gasteiger charge is -2.37. The molecule has 0 aliphatic rings. The Morgan fingerprint density at radius 2 is 1.44 bits per heavy atom. The van der Waals surface area contributed by atoms with Crippen LogP contribution in [0.3, 0.4) is 0 Å². The Morgan fingerprint density at radius 1 is 0.840 bits per heavy atom. The van der Waals surface area contributed by atoms with E-state index in [0.29, 0.717) is 19.5 Å². The van der Waals surface area contributed by atoms with Gasteiger partial charge in [0.1, 0.15) is 6.54 Å². The Balaban J connectivity index is 4.54. The zero-order valence-electron chi connectivity index (χ0n) is 15.2. The highest BCUT2D eigenvalue weighted by Crippen LogP contribution is 2.10. The van der Waals surface area contributed by atoms with Crippen molar-refractivity contribution < 1.29 is 34.2 Å². The summed E-state index contributed by atoms with van der Waals surface area (Å²) in [4.78, 5) is 33.6. The van der Waals surface area contributed by atoms with Crippen molar-refractivity contribution in [1.29, 1.82) is 0 Å². The van der Waals surface area contributed by atoms with E-state index in [1.54, 1.807) is 0 Å². The highest BCUT2D eigenvalue weighted by Gasteiger charge is 2.28. The molecule has 0 spiro atoms. The second-order valence-corrected chi connectivity index (χ2v) is 6.41. The fraction of sp³-hybridized carbons (Fsp3) is 0.824. The molecule has 0 aliphatic carbocycles. The second-order valence-electron chi connectivity index (χ2n) is 6.41. The minimum atomic E-state index is -0.962. The van der Waals surface area contributed by atoms with Crippen LogP contribution in [-0.4, -0.2) is 77.0 Å². The lowest BCUT2D eigenvalue weighted by atomic mass is 10.1. The van der Waals surface area contributed by atoms with E-state index in [9.17, 15) is 19.5 Å². The molecule has 0 fully saturated rings. The third kappa shape index (κ3) is 12.4. The summed E-state index contributed by atoms with van der Waals surface area (Å²) in [7, 11) is 0. The number of aliphatic hydroxyl groups is 1. The molecule has 0 unspecified atom stereocenters. The summed E-state index contributed by atoms with van der Waals surface area (Å²) >= 11 is 0. The van der Waals surface area contributed by atoms with Crippen molar-refractivity contribution in [3.63, 3.8) is 0 Å². The Morgan fingerprint density at radius 3 is 1.92 bits per heavy atom. The molecule has 8 nitrogen and oxygen atoms in total. The van der Waals surface area contributed by atoms with Crippen molar-refractivity contribution in [2.24, 2.45) is 0 Å². The molecule has 0 rings (SSSR count). The number of carbonyl (C=O) groups is 3. The summed E-state index contributed by atoms with van der Waals surface area (Å²) in [5, 5.41) is 30.0. The maximum Gasteiger partial charge on any atom is 0.309 e. The Labute approximate surface area is 149 Å². The summed E-state index contributed by atoms with van der Waals surface area (Å²) in [6.45, 7) is 3.42. The minimum Gasteiger partial charge on any atom is -0.481 e. The molecule has 0 heterocycles. The maximum absolute atomic E-state index is 11.8. The number of carboxylic acid groups (broad SMARTS) is 2. The van der Waals surface area contributed by atoms with Crippen molar-refractivity contribution in [3.8, 4) is 0 Å². The Hall–Kier alpha value is -1.67. The topological polar surface area (TPSA) is 124 Å². The van der Waals surface area contributed by atoms with Crippen molar-refractivity contribution in [1.82, 2.24) is 5.32 Å². The van der Waals surface area contributed by atoms with Crippen molar-refractivity contribution in [2.45, 2.75) is 51.9 Å². The van der Waals surface area contributed by atoms with E-state index in [2.05, 4.69) is 12.2 Å². The molecule has 8 heteroatoms. The third-order valence-corrected chi connectivity index (χ3v) is 4.34. The van der Waals surface area contributed by atoms with Crippen LogP contribution < -0.4 is 5.32 Å². The molecule has 4 N–H and O–H groups in total. The number of aliphatic carboxylic acids is 2. The van der Waals surface area contributed by atoms with Gasteiger partial charge in [-0.05, 0) is 6.42 Å². The largest absolute Gasteiger partial charge is 0.481 e. The van der Waals surface area contributed by atoms with Crippen LogP contribution >= 0.6 is 0 Å². The molecule has 0 saturated carbocycles. The molecule has 0 bridgehead atoms. The van der Waals surface area contributed by atoms with Gasteiger partial charge in [0, 0.05) is 6.42 Å². The number of rotatable bonds is 16. The SMILES string of the molecule is CCCCCCC(=O)NCC[N+](CCO)(CCC(=O)O)CCC(=O)O. The monoisotopic (exact) mass is 361 g/mol. The molecule has 146 valence electrons. The van der Waals surface area contributed by atoms with E-state index in [4.69, 9.17) is 10.2 Å². The van der Waals surface area contributed by atoms with Crippen LogP contribution in [0.4, 0.5) is 0 Å². The molecule has 0 saturated heterocycles. The summed E-state index contributed by atoms with van der Waals surface area (Å²) in [6, 6.07) is 0. The van der Waals surface area contributed by atoms with E-state index in [-0.39, 0.29) is 49.5 Å². The smallest absolute Gasteiger partial charge is 0.309 e. The molecular weight excluding hydrogens is 328 g/mol. The van der Waals surface area contributed by atoms with E-state index in [1.165, 1.54) is 0 Å². The van der Waals surface area contributed by atoms with Crippen LogP contribution in [0.1, 0.15) is 51.9 Å². The number of hydrogen-bond acceptors (Lipinski definition) is 4. The molecule has 0 aromatic carbocycles. The normalized spacial score (nSPS) is 11.3. The first-order valence-corrected chi connectivity index (χ1v) is 9.01. The first-order valence-electron chi connectivity index (χ1n) is 9.01. The molecule has 0 atom stereocenters. The van der Waals surface area contributed by atoms with Gasteiger partial charge in [0.05, 0.1) is 45.6 Å². The Kier molecular flexibility index (Phi) is 12.7. The van der Waals surface area contributed by atoms with Crippen LogP contribution in [0.5, 0.6) is 0 Å². The van der Waals surface area contributed by atoms with Crippen LogP contribution in [0.25, 0.3) is 0 Å². The summed E-state index contributed by atoms with van der Waals surface area (Å²) in [5.74, 6) is -1.97. The number of amides is 1. The van der Waals surface area contributed by atoms with Crippen LogP contribution in [0.2, 0.25) is 0 Å². The first kappa shape index (κ1) is 23.3. The fourth-order valence-corrected chi connectivity index (χ4v) is 2.78. The molecule has 0 radical (unpaired) electrons. The average Bonchev–Trinajstić information content (AvgIpc) is 2.55. The lowest BCUT2D eigenvalue weighted by Crippen LogP contribution is -2.55. The van der Waals surface area contributed by atoms with Gasteiger partial charge in [0.2, 0.25) is 5.91 Å². The number of nitrogens with one attached hydrogen (secondary N) is 1. The summed E-state index contributed by atoms with van der Waals surface area (Å²) < 4.78 is 0.172. The van der Waals surface area contributed by atoms with Gasteiger partial charge in [-0.25, -0.2) is 0 Å². The molecule has 0 aromatic rings. The van der Waals surface area contributed by atoms with Gasteiger partial charge in [-0.15, -0.1) is 0 Å². The standard InChI is InChI=1S/C17H32N2O6/c1-2-3-4-5-6-15(21)18-9-12-19(13-14-20,10-7-16(22)23)11-8-17(24)25/h20H,2-14H2,1H3,(H2-,18,21,22,23,24,25)/p+1. The number of nitrogens with zero attached hydrogens (tertiary/aromatic N) is 1. The average molecular weight is 361 g/mol. The maximum atomic E-state index is 11.8. The van der Waals surface area contributed by atoms with Crippen molar-refractivity contribution >= 4 is 17.8 Å². The van der Waals surface area contributed by atoms with Gasteiger partial charge in [-0.3, -0.25) is 14.4 Å². The van der Waals surface area contributed by atoms with Crippen LogP contribution in [0.15, 0.2) is 0 Å². The quantitative estimate of drug-likeness (QED) is 0.238. The van der Waals surface area contributed by atoms with Gasteiger partial charge in [-0.1, -0.05) is 26.2 Å². The number of aliphatic hydroxyl groups excluding tert-OH is 1. The van der Waals surface area contributed by atoms with E-state index < -0.39 is 11.9 Å². The van der Waals surface area contributed by atoms with Gasteiger partial charge in [0.25, 0.3) is 0 Å². The van der Waals surface area contributed by atoms with Crippen molar-refractivity contribution in [2.75, 3.05) is 39.3 Å². The number of carboxylic acids is 2. The van der Waals surface area contributed by atoms with E-state index in [1.807, 2.05) is 0 Å². The van der Waals surface area contributed by atoms with Crippen LogP contribution in [0, 0.1) is 0 Å². The predicted molar refractivity (Wildman–Crippen MR) is 93.1 cm³/mol. The lowest BCUT2D eigenvalue weighted by molar-refractivity contribution is -0.926. The van der Waals surface area contributed by atoms with Gasteiger partial charge >= 0.3 is 11.9 Å². The van der Waals surface area contributed by atoms with E-state index in [0.717, 1.165) is 25.7 Å². The number of unbranched alkanes of at least 4 members (excludes halogenated alkanes) is 3. The molecule has 0 aromatic heterocycles. The Bertz CT molecular complexity index is 396. The fourth-order valence-electron chi connectivity index (χ4n) is 2.78. The molecule has 0 aliphatic heterocycles. The summed E-state index contributed by atoms with van der Waals surface area (Å²) in [6.07, 6.45) is 4.32. The first-order chi connectivity index (χ1) is 11.8. The third-order valence-electron chi connectivity index (χ3n) is 4.34. The predicted octanol–water partition coefficient (Wildman–Crippen LogP) is 0.832. The zero-order valence-corrected chi connectivity index (χ0v) is 15.2. The number of carbonyl (C=O) groups excluding carboxylic acids is 1. The second kappa shape index (κ2) is 13.6. The van der Waals surface area contributed by atoms with Gasteiger partial charge in [0.15, 0.2) is 0 Å². The highest BCUT2D eigenvalue weighted by atomic mass is 16.4. The number of hydrogen-bond donors (Lipinski definition) is 4. The number of quaternary nitrogens is 1. The highest BCUT2D eigenvalue weighted by molar-refractivity contribution is 5.75. The molecule has 25 heavy (non-hydrogen) atoms. The summed E-state index contributed by atoms with van der Waals surface area (Å²) in [5.41, 5.74) is 0. The van der Waals surface area contributed by atoms with Gasteiger partial charge in [-0.2, -0.15) is 0 Å². The minimum absolute atomic E-state index is 0.0466. The van der Waals surface area contributed by atoms with Crippen LogP contribution in [-0.2, 0) is 14.4 Å². The van der Waals surface area contributed by atoms with E-state index >= 15 is 0 Å². The molecule has 1 amide bonds.